The van der Waals surface area contributed by atoms with Crippen molar-refractivity contribution in [3.05, 3.63) is 11.9 Å². The van der Waals surface area contributed by atoms with Crippen molar-refractivity contribution in [2.75, 3.05) is 38.0 Å². The zero-order chi connectivity index (χ0) is 14.1. The molecule has 1 aromatic heterocycles. The lowest BCUT2D eigenvalue weighted by atomic mass is 10.1. The topological polar surface area (TPSA) is 79.3 Å². The van der Waals surface area contributed by atoms with Gasteiger partial charge in [0.15, 0.2) is 0 Å². The van der Waals surface area contributed by atoms with Crippen LogP contribution in [0.25, 0.3) is 0 Å². The molecule has 1 unspecified atom stereocenters. The van der Waals surface area contributed by atoms with Crippen molar-refractivity contribution in [1.82, 2.24) is 9.97 Å². The lowest BCUT2D eigenvalue weighted by Crippen LogP contribution is -2.27. The SMILES string of the molecule is CCCc1c(NC)ncnc1NC(CCO)COC. The van der Waals surface area contributed by atoms with E-state index < -0.39 is 0 Å². The molecule has 1 rings (SSSR count). The van der Waals surface area contributed by atoms with E-state index in [1.807, 2.05) is 7.05 Å². The summed E-state index contributed by atoms with van der Waals surface area (Å²) < 4.78 is 5.15. The van der Waals surface area contributed by atoms with Gasteiger partial charge in [-0.3, -0.25) is 0 Å². The van der Waals surface area contributed by atoms with Crippen molar-refractivity contribution in [3.8, 4) is 0 Å². The highest BCUT2D eigenvalue weighted by Crippen LogP contribution is 2.22. The highest BCUT2D eigenvalue weighted by Gasteiger charge is 2.14. The van der Waals surface area contributed by atoms with E-state index >= 15 is 0 Å². The van der Waals surface area contributed by atoms with Gasteiger partial charge in [-0.25, -0.2) is 9.97 Å². The van der Waals surface area contributed by atoms with Crippen LogP contribution in [0.5, 0.6) is 0 Å². The maximum absolute atomic E-state index is 9.07. The standard InChI is InChI=1S/C13H24N4O2/c1-4-5-11-12(14-2)15-9-16-13(11)17-10(6-7-18)8-19-3/h9-10,18H,4-8H2,1-3H3,(H2,14,15,16,17). The number of nitrogens with zero attached hydrogens (tertiary/aromatic N) is 2. The van der Waals surface area contributed by atoms with Gasteiger partial charge in [0.05, 0.1) is 12.6 Å². The number of hydrogen-bond donors (Lipinski definition) is 3. The molecule has 0 aliphatic rings. The van der Waals surface area contributed by atoms with Crippen molar-refractivity contribution in [1.29, 1.82) is 0 Å². The molecule has 0 bridgehead atoms. The predicted octanol–water partition coefficient (Wildman–Crippen LogP) is 1.28. The fourth-order valence-corrected chi connectivity index (χ4v) is 1.99. The summed E-state index contributed by atoms with van der Waals surface area (Å²) in [5.41, 5.74) is 1.08. The van der Waals surface area contributed by atoms with E-state index in [4.69, 9.17) is 9.84 Å². The Morgan fingerprint density at radius 1 is 1.37 bits per heavy atom. The highest BCUT2D eigenvalue weighted by molar-refractivity contribution is 5.57. The molecule has 0 aliphatic heterocycles. The van der Waals surface area contributed by atoms with E-state index in [0.29, 0.717) is 13.0 Å². The van der Waals surface area contributed by atoms with Gasteiger partial charge in [-0.1, -0.05) is 13.3 Å². The minimum absolute atomic E-state index is 0.0465. The van der Waals surface area contributed by atoms with Gasteiger partial charge in [0.1, 0.15) is 18.0 Å². The zero-order valence-electron chi connectivity index (χ0n) is 11.9. The maximum Gasteiger partial charge on any atom is 0.135 e. The number of anilines is 2. The number of aromatic nitrogens is 2. The van der Waals surface area contributed by atoms with E-state index in [0.717, 1.165) is 30.0 Å². The van der Waals surface area contributed by atoms with Gasteiger partial charge in [-0.15, -0.1) is 0 Å². The normalized spacial score (nSPS) is 12.2. The Morgan fingerprint density at radius 2 is 2.11 bits per heavy atom. The third kappa shape index (κ3) is 4.65. The third-order valence-corrected chi connectivity index (χ3v) is 2.87. The van der Waals surface area contributed by atoms with Crippen molar-refractivity contribution in [2.45, 2.75) is 32.2 Å². The quantitative estimate of drug-likeness (QED) is 0.626. The van der Waals surface area contributed by atoms with Crippen molar-refractivity contribution in [3.63, 3.8) is 0 Å². The minimum atomic E-state index is 0.0465. The lowest BCUT2D eigenvalue weighted by molar-refractivity contribution is 0.170. The molecule has 0 aromatic carbocycles. The molecule has 6 nitrogen and oxygen atoms in total. The van der Waals surface area contributed by atoms with E-state index in [1.54, 1.807) is 7.11 Å². The molecule has 1 aromatic rings. The number of aliphatic hydroxyl groups is 1. The van der Waals surface area contributed by atoms with Crippen molar-refractivity contribution in [2.24, 2.45) is 0 Å². The minimum Gasteiger partial charge on any atom is -0.396 e. The van der Waals surface area contributed by atoms with Crippen molar-refractivity contribution >= 4 is 11.6 Å². The van der Waals surface area contributed by atoms with Gasteiger partial charge in [0.25, 0.3) is 0 Å². The molecular weight excluding hydrogens is 244 g/mol. The second-order valence-corrected chi connectivity index (χ2v) is 4.36. The Hall–Kier alpha value is -1.40. The van der Waals surface area contributed by atoms with E-state index in [2.05, 4.69) is 27.5 Å². The van der Waals surface area contributed by atoms with Crippen LogP contribution in [0, 0.1) is 0 Å². The van der Waals surface area contributed by atoms with E-state index in [1.165, 1.54) is 6.33 Å². The molecule has 1 atom stereocenters. The largest absolute Gasteiger partial charge is 0.396 e. The van der Waals surface area contributed by atoms with Gasteiger partial charge in [-0.05, 0) is 12.8 Å². The molecule has 6 heteroatoms. The van der Waals surface area contributed by atoms with Gasteiger partial charge in [0, 0.05) is 26.3 Å². The smallest absolute Gasteiger partial charge is 0.135 e. The summed E-state index contributed by atoms with van der Waals surface area (Å²) in [7, 11) is 3.50. The molecule has 0 saturated carbocycles. The Labute approximate surface area is 114 Å². The van der Waals surface area contributed by atoms with Crippen LogP contribution < -0.4 is 10.6 Å². The molecule has 108 valence electrons. The van der Waals surface area contributed by atoms with Gasteiger partial charge < -0.3 is 20.5 Å². The van der Waals surface area contributed by atoms with Gasteiger partial charge in [0.2, 0.25) is 0 Å². The van der Waals surface area contributed by atoms with Crippen LogP contribution in [0.2, 0.25) is 0 Å². The Kier molecular flexibility index (Phi) is 7.14. The summed E-state index contributed by atoms with van der Waals surface area (Å²) in [6, 6.07) is 0.0465. The first-order valence-electron chi connectivity index (χ1n) is 6.64. The van der Waals surface area contributed by atoms with Crippen LogP contribution >= 0.6 is 0 Å². The fraction of sp³-hybridized carbons (Fsp3) is 0.692. The summed E-state index contributed by atoms with van der Waals surface area (Å²) in [6.45, 7) is 2.77. The second-order valence-electron chi connectivity index (χ2n) is 4.36. The summed E-state index contributed by atoms with van der Waals surface area (Å²) >= 11 is 0. The number of hydrogen-bond acceptors (Lipinski definition) is 6. The fourth-order valence-electron chi connectivity index (χ4n) is 1.99. The average molecular weight is 268 g/mol. The zero-order valence-corrected chi connectivity index (χ0v) is 11.9. The first kappa shape index (κ1) is 15.7. The number of methoxy groups -OCH3 is 1. The molecule has 19 heavy (non-hydrogen) atoms. The number of ether oxygens (including phenoxy) is 1. The first-order valence-corrected chi connectivity index (χ1v) is 6.64. The summed E-state index contributed by atoms with van der Waals surface area (Å²) in [6.07, 6.45) is 4.08. The summed E-state index contributed by atoms with van der Waals surface area (Å²) in [5.74, 6) is 1.66. The number of rotatable bonds is 9. The van der Waals surface area contributed by atoms with Crippen LogP contribution in [0.1, 0.15) is 25.3 Å². The maximum atomic E-state index is 9.07. The molecule has 0 fully saturated rings. The van der Waals surface area contributed by atoms with E-state index in [-0.39, 0.29) is 12.6 Å². The molecule has 0 radical (unpaired) electrons. The van der Waals surface area contributed by atoms with Gasteiger partial charge in [-0.2, -0.15) is 0 Å². The first-order chi connectivity index (χ1) is 9.26. The second kappa shape index (κ2) is 8.66. The molecular formula is C13H24N4O2. The number of aliphatic hydroxyl groups excluding tert-OH is 1. The van der Waals surface area contributed by atoms with Crippen LogP contribution in [0.15, 0.2) is 6.33 Å². The molecule has 0 spiro atoms. The molecule has 1 heterocycles. The summed E-state index contributed by atoms with van der Waals surface area (Å²) in [4.78, 5) is 8.54. The van der Waals surface area contributed by atoms with Crippen LogP contribution in [0.4, 0.5) is 11.6 Å². The Morgan fingerprint density at radius 3 is 2.68 bits per heavy atom. The molecule has 0 saturated heterocycles. The average Bonchev–Trinajstić information content (AvgIpc) is 2.41. The van der Waals surface area contributed by atoms with Crippen molar-refractivity contribution < 1.29 is 9.84 Å². The monoisotopic (exact) mass is 268 g/mol. The Bertz CT molecular complexity index is 368. The predicted molar refractivity (Wildman–Crippen MR) is 76.6 cm³/mol. The van der Waals surface area contributed by atoms with E-state index in [9.17, 15) is 0 Å². The Balaban J connectivity index is 2.90. The summed E-state index contributed by atoms with van der Waals surface area (Å²) in [5, 5.41) is 15.5. The third-order valence-electron chi connectivity index (χ3n) is 2.87. The molecule has 0 amide bonds. The molecule has 0 aliphatic carbocycles. The van der Waals surface area contributed by atoms with Crippen LogP contribution in [-0.2, 0) is 11.2 Å². The highest BCUT2D eigenvalue weighted by atomic mass is 16.5. The van der Waals surface area contributed by atoms with Crippen LogP contribution in [0.3, 0.4) is 0 Å². The lowest BCUT2D eigenvalue weighted by Gasteiger charge is -2.20. The molecule has 3 N–H and O–H groups in total. The van der Waals surface area contributed by atoms with Crippen LogP contribution in [-0.4, -0.2) is 48.5 Å². The van der Waals surface area contributed by atoms with Gasteiger partial charge >= 0.3 is 0 Å². The number of nitrogens with one attached hydrogen (secondary N) is 2.